The summed E-state index contributed by atoms with van der Waals surface area (Å²) in [6.45, 7) is 10.7. The van der Waals surface area contributed by atoms with Crippen molar-refractivity contribution >= 4 is 23.2 Å². The molecule has 0 spiro atoms. The zero-order valence-electron chi connectivity index (χ0n) is 20.9. The first-order valence-corrected chi connectivity index (χ1v) is 12.4. The summed E-state index contributed by atoms with van der Waals surface area (Å²) >= 11 is 0. The number of rotatable bonds is 5. The molecule has 0 heterocycles. The van der Waals surface area contributed by atoms with Gasteiger partial charge in [-0.25, -0.2) is 9.59 Å². The second kappa shape index (κ2) is 10.9. The molecule has 0 aromatic heterocycles. The smallest absolute Gasteiger partial charge is 0.428 e. The van der Waals surface area contributed by atoms with Gasteiger partial charge in [-0.05, 0) is 77.9 Å². The van der Waals surface area contributed by atoms with Crippen LogP contribution >= 0.6 is 0 Å². The Kier molecular flexibility index (Phi) is 8.12. The van der Waals surface area contributed by atoms with Crippen LogP contribution < -0.4 is 9.47 Å². The van der Waals surface area contributed by atoms with E-state index in [2.05, 4.69) is 0 Å². The van der Waals surface area contributed by atoms with E-state index in [0.717, 1.165) is 14.7 Å². The van der Waals surface area contributed by atoms with Crippen molar-refractivity contribution < 1.29 is 28.5 Å². The number of hydrogen-bond acceptors (Lipinski definition) is 6. The third kappa shape index (κ3) is 8.37. The maximum absolute atomic E-state index is 12.2. The van der Waals surface area contributed by atoms with Gasteiger partial charge in [0.2, 0.25) is 0 Å². The van der Waals surface area contributed by atoms with Gasteiger partial charge in [0.15, 0.2) is 14.7 Å². The Labute approximate surface area is 209 Å². The molecule has 184 valence electrons. The average molecular weight is 496 g/mol. The molecule has 3 rings (SSSR count). The lowest BCUT2D eigenvalue weighted by atomic mass is 10.2. The zero-order valence-corrected chi connectivity index (χ0v) is 21.7. The summed E-state index contributed by atoms with van der Waals surface area (Å²) in [6.07, 6.45) is -1.52. The molecule has 0 saturated carbocycles. The Morgan fingerprint density at radius 1 is 0.571 bits per heavy atom. The maximum Gasteiger partial charge on any atom is 0.514 e. The van der Waals surface area contributed by atoms with Crippen LogP contribution in [0.1, 0.15) is 41.5 Å². The molecule has 0 aliphatic carbocycles. The maximum atomic E-state index is 12.2. The summed E-state index contributed by atoms with van der Waals surface area (Å²) in [4.78, 5) is 27.3. The first kappa shape index (κ1) is 26.2. The van der Waals surface area contributed by atoms with Gasteiger partial charge in [-0.2, -0.15) is 0 Å². The van der Waals surface area contributed by atoms with Gasteiger partial charge in [-0.3, -0.25) is 0 Å². The van der Waals surface area contributed by atoms with Gasteiger partial charge in [0.05, 0.1) is 10.9 Å². The molecule has 35 heavy (non-hydrogen) atoms. The summed E-state index contributed by atoms with van der Waals surface area (Å²) in [5.74, 6) is 0.762. The Morgan fingerprint density at radius 2 is 0.971 bits per heavy atom. The Morgan fingerprint density at radius 3 is 1.37 bits per heavy atom. The summed E-state index contributed by atoms with van der Waals surface area (Å²) in [7, 11) is -0.567. The molecule has 3 aromatic carbocycles. The quantitative estimate of drug-likeness (QED) is 0.208. The molecule has 6 nitrogen and oxygen atoms in total. The Balaban J connectivity index is 1.94. The lowest BCUT2D eigenvalue weighted by molar-refractivity contribution is 0.0192. The van der Waals surface area contributed by atoms with Gasteiger partial charge >= 0.3 is 12.3 Å². The topological polar surface area (TPSA) is 71.1 Å². The molecule has 0 radical (unpaired) electrons. The first-order valence-electron chi connectivity index (χ1n) is 11.2. The van der Waals surface area contributed by atoms with E-state index in [1.807, 2.05) is 66.7 Å². The number of carbonyl (C=O) groups excluding carboxylic acids is 2. The fraction of sp³-hybridized carbons (Fsp3) is 0.286. The van der Waals surface area contributed by atoms with Gasteiger partial charge in [-0.15, -0.1) is 0 Å². The molecule has 0 saturated heterocycles. The minimum Gasteiger partial charge on any atom is -0.428 e. The summed E-state index contributed by atoms with van der Waals surface area (Å²) < 4.78 is 21.4. The number of hydrogen-bond donors (Lipinski definition) is 0. The van der Waals surface area contributed by atoms with E-state index in [4.69, 9.17) is 18.9 Å². The number of carbonyl (C=O) groups is 2. The summed E-state index contributed by atoms with van der Waals surface area (Å²) in [5.41, 5.74) is -1.31. The van der Waals surface area contributed by atoms with Crippen LogP contribution in [0, 0.1) is 0 Å². The second-order valence-corrected chi connectivity index (χ2v) is 11.7. The molecule has 0 amide bonds. The van der Waals surface area contributed by atoms with Crippen molar-refractivity contribution in [2.45, 2.75) is 67.4 Å². The number of benzene rings is 3. The van der Waals surface area contributed by atoms with E-state index in [0.29, 0.717) is 11.5 Å². The lowest BCUT2D eigenvalue weighted by Gasteiger charge is -2.19. The fourth-order valence-electron chi connectivity index (χ4n) is 3.03. The molecular formula is C28H31O6S+. The van der Waals surface area contributed by atoms with E-state index in [9.17, 15) is 9.59 Å². The molecule has 7 heteroatoms. The summed E-state index contributed by atoms with van der Waals surface area (Å²) in [6, 6.07) is 24.6. The average Bonchev–Trinajstić information content (AvgIpc) is 2.72. The lowest BCUT2D eigenvalue weighted by Crippen LogP contribution is -2.26. The van der Waals surface area contributed by atoms with Gasteiger partial charge in [-0.1, -0.05) is 30.3 Å². The van der Waals surface area contributed by atoms with Gasteiger partial charge in [0.1, 0.15) is 22.7 Å². The summed E-state index contributed by atoms with van der Waals surface area (Å²) in [5, 5.41) is 0. The van der Waals surface area contributed by atoms with Crippen molar-refractivity contribution in [3.05, 3.63) is 78.9 Å². The van der Waals surface area contributed by atoms with E-state index in [-0.39, 0.29) is 0 Å². The van der Waals surface area contributed by atoms with Crippen molar-refractivity contribution in [1.29, 1.82) is 0 Å². The predicted octanol–water partition coefficient (Wildman–Crippen LogP) is 7.41. The van der Waals surface area contributed by atoms with Crippen LogP contribution in [0.25, 0.3) is 0 Å². The van der Waals surface area contributed by atoms with E-state index in [1.165, 1.54) is 0 Å². The minimum atomic E-state index is -0.762. The molecule has 0 aliphatic rings. The monoisotopic (exact) mass is 495 g/mol. The van der Waals surface area contributed by atoms with Crippen molar-refractivity contribution in [2.75, 3.05) is 0 Å². The largest absolute Gasteiger partial charge is 0.514 e. The zero-order chi connectivity index (χ0) is 25.6. The van der Waals surface area contributed by atoms with Crippen LogP contribution in [0.2, 0.25) is 0 Å². The van der Waals surface area contributed by atoms with Crippen molar-refractivity contribution in [2.24, 2.45) is 0 Å². The van der Waals surface area contributed by atoms with Crippen molar-refractivity contribution in [3.63, 3.8) is 0 Å². The number of ether oxygens (including phenoxy) is 4. The molecule has 0 unspecified atom stereocenters. The molecule has 0 aliphatic heterocycles. The highest BCUT2D eigenvalue weighted by Gasteiger charge is 2.30. The SMILES string of the molecule is CC(C)(C)OC(=O)Oc1cccc([S+](c2ccccc2)c2cccc(OC(=O)OC(C)(C)C)c2)c1. The predicted molar refractivity (Wildman–Crippen MR) is 135 cm³/mol. The standard InChI is InChI=1S/C28H31O6S/c1-27(2,3)33-25(29)31-20-12-10-16-23(18-20)35(22-14-8-7-9-15-22)24-17-11-13-21(19-24)32-26(30)34-28(4,5)6/h7-19H,1-6H3/q+1. The molecular weight excluding hydrogens is 464 g/mol. The molecule has 0 bridgehead atoms. The second-order valence-electron chi connectivity index (χ2n) is 9.70. The van der Waals surface area contributed by atoms with E-state index < -0.39 is 34.4 Å². The van der Waals surface area contributed by atoms with Crippen LogP contribution in [-0.2, 0) is 20.4 Å². The van der Waals surface area contributed by atoms with Crippen LogP contribution in [0.4, 0.5) is 9.59 Å². The van der Waals surface area contributed by atoms with Crippen molar-refractivity contribution in [1.82, 2.24) is 0 Å². The van der Waals surface area contributed by atoms with Crippen LogP contribution in [0.15, 0.2) is 93.5 Å². The highest BCUT2D eigenvalue weighted by atomic mass is 32.2. The van der Waals surface area contributed by atoms with Crippen LogP contribution in [-0.4, -0.2) is 23.5 Å². The van der Waals surface area contributed by atoms with E-state index in [1.54, 1.807) is 53.7 Å². The minimum absolute atomic E-state index is 0.381. The molecule has 0 N–H and O–H groups in total. The van der Waals surface area contributed by atoms with E-state index >= 15 is 0 Å². The van der Waals surface area contributed by atoms with Crippen LogP contribution in [0.3, 0.4) is 0 Å². The van der Waals surface area contributed by atoms with Gasteiger partial charge < -0.3 is 18.9 Å². The van der Waals surface area contributed by atoms with Gasteiger partial charge in [0, 0.05) is 12.1 Å². The third-order valence-corrected chi connectivity index (χ3v) is 6.44. The van der Waals surface area contributed by atoms with Gasteiger partial charge in [0.25, 0.3) is 0 Å². The Hall–Kier alpha value is -3.45. The highest BCUT2D eigenvalue weighted by Crippen LogP contribution is 2.34. The molecule has 0 fully saturated rings. The van der Waals surface area contributed by atoms with Crippen LogP contribution in [0.5, 0.6) is 11.5 Å². The highest BCUT2D eigenvalue weighted by molar-refractivity contribution is 7.97. The molecule has 0 atom stereocenters. The molecule has 3 aromatic rings. The first-order chi connectivity index (χ1) is 16.4. The normalized spacial score (nSPS) is 11.6. The Bertz CT molecular complexity index is 1090. The fourth-order valence-corrected chi connectivity index (χ4v) is 5.17. The van der Waals surface area contributed by atoms with Crippen molar-refractivity contribution in [3.8, 4) is 11.5 Å². The third-order valence-electron chi connectivity index (χ3n) is 4.24.